The third-order valence-corrected chi connectivity index (χ3v) is 4.21. The molecule has 0 saturated heterocycles. The van der Waals surface area contributed by atoms with Gasteiger partial charge in [0.2, 0.25) is 0 Å². The van der Waals surface area contributed by atoms with Crippen LogP contribution in [0, 0.1) is 13.8 Å². The first-order valence-corrected chi connectivity index (χ1v) is 8.63. The zero-order chi connectivity index (χ0) is 18.4. The Labute approximate surface area is 159 Å². The molecule has 2 rings (SSSR count). The molecule has 0 aliphatic rings. The summed E-state index contributed by atoms with van der Waals surface area (Å²) in [5.41, 5.74) is 2.65. The van der Waals surface area contributed by atoms with E-state index in [9.17, 15) is 9.59 Å². The molecular weight excluding hydrogens is 410 g/mol. The zero-order valence-corrected chi connectivity index (χ0v) is 16.1. The predicted molar refractivity (Wildman–Crippen MR) is 100 cm³/mol. The first kappa shape index (κ1) is 19.3. The highest BCUT2D eigenvalue weighted by atomic mass is 79.9. The van der Waals surface area contributed by atoms with Crippen LogP contribution >= 0.6 is 27.5 Å². The van der Waals surface area contributed by atoms with Crippen LogP contribution in [-0.2, 0) is 14.3 Å². The molecule has 1 amide bonds. The number of ether oxygens (including phenoxy) is 2. The van der Waals surface area contributed by atoms with Crippen LogP contribution < -0.4 is 10.1 Å². The van der Waals surface area contributed by atoms with Crippen molar-refractivity contribution in [2.24, 2.45) is 0 Å². The lowest BCUT2D eigenvalue weighted by Gasteiger charge is -2.10. The second kappa shape index (κ2) is 8.87. The molecule has 0 fully saturated rings. The van der Waals surface area contributed by atoms with E-state index in [1.165, 1.54) is 0 Å². The van der Waals surface area contributed by atoms with Crippen LogP contribution in [0.2, 0.25) is 5.02 Å². The molecule has 132 valence electrons. The topological polar surface area (TPSA) is 64.6 Å². The Morgan fingerprint density at radius 2 is 1.84 bits per heavy atom. The maximum Gasteiger partial charge on any atom is 0.344 e. The molecule has 1 N–H and O–H groups in total. The van der Waals surface area contributed by atoms with Crippen molar-refractivity contribution < 1.29 is 19.1 Å². The molecule has 0 aromatic heterocycles. The second-order valence-corrected chi connectivity index (χ2v) is 6.69. The third-order valence-electron chi connectivity index (χ3n) is 3.40. The van der Waals surface area contributed by atoms with Gasteiger partial charge in [0.1, 0.15) is 5.75 Å². The number of benzene rings is 2. The summed E-state index contributed by atoms with van der Waals surface area (Å²) in [5, 5.41) is 2.95. The summed E-state index contributed by atoms with van der Waals surface area (Å²) in [5.74, 6) is -0.537. The molecule has 2 aromatic carbocycles. The summed E-state index contributed by atoms with van der Waals surface area (Å²) in [6, 6.07) is 10.6. The maximum atomic E-state index is 11.8. The molecule has 0 heterocycles. The molecule has 7 heteroatoms. The van der Waals surface area contributed by atoms with Crippen molar-refractivity contribution in [1.29, 1.82) is 0 Å². The average Bonchev–Trinajstić information content (AvgIpc) is 2.56. The van der Waals surface area contributed by atoms with E-state index >= 15 is 0 Å². The van der Waals surface area contributed by atoms with E-state index < -0.39 is 18.5 Å². The second-order valence-electron chi connectivity index (χ2n) is 5.37. The minimum atomic E-state index is -0.629. The largest absolute Gasteiger partial charge is 0.482 e. The van der Waals surface area contributed by atoms with Crippen LogP contribution in [0.5, 0.6) is 5.75 Å². The Kier molecular flexibility index (Phi) is 6.84. The number of hydrogen-bond donors (Lipinski definition) is 1. The Balaban J connectivity index is 1.77. The molecule has 0 spiro atoms. The van der Waals surface area contributed by atoms with Crippen molar-refractivity contribution in [3.63, 3.8) is 0 Å². The van der Waals surface area contributed by atoms with Gasteiger partial charge in [-0.05, 0) is 55.3 Å². The smallest absolute Gasteiger partial charge is 0.344 e. The number of carbonyl (C=O) groups excluding carboxylic acids is 2. The number of esters is 1. The molecule has 0 radical (unpaired) electrons. The Bertz CT molecular complexity index is 795. The van der Waals surface area contributed by atoms with E-state index in [2.05, 4.69) is 21.2 Å². The van der Waals surface area contributed by atoms with E-state index in [0.717, 1.165) is 15.6 Å². The molecule has 2 aromatic rings. The fraction of sp³-hybridized carbons (Fsp3) is 0.222. The van der Waals surface area contributed by atoms with E-state index in [1.807, 2.05) is 26.0 Å². The molecule has 0 aliphatic carbocycles. The van der Waals surface area contributed by atoms with Crippen molar-refractivity contribution in [3.05, 3.63) is 57.0 Å². The average molecular weight is 427 g/mol. The van der Waals surface area contributed by atoms with Crippen molar-refractivity contribution >= 4 is 45.1 Å². The number of rotatable bonds is 6. The van der Waals surface area contributed by atoms with Crippen LogP contribution in [0.15, 0.2) is 40.9 Å². The number of amides is 1. The van der Waals surface area contributed by atoms with Gasteiger partial charge in [0.05, 0.1) is 10.7 Å². The summed E-state index contributed by atoms with van der Waals surface area (Å²) in [6.45, 7) is 3.26. The van der Waals surface area contributed by atoms with Crippen molar-refractivity contribution in [2.75, 3.05) is 18.5 Å². The Morgan fingerprint density at radius 3 is 2.52 bits per heavy atom. The summed E-state index contributed by atoms with van der Waals surface area (Å²) in [6.07, 6.45) is 0. The minimum absolute atomic E-state index is 0.269. The van der Waals surface area contributed by atoms with Gasteiger partial charge in [-0.3, -0.25) is 4.79 Å². The molecule has 0 saturated carbocycles. The molecule has 0 unspecified atom stereocenters. The van der Waals surface area contributed by atoms with Gasteiger partial charge < -0.3 is 14.8 Å². The zero-order valence-electron chi connectivity index (χ0n) is 13.8. The van der Waals surface area contributed by atoms with Gasteiger partial charge in [0.15, 0.2) is 13.2 Å². The van der Waals surface area contributed by atoms with Crippen molar-refractivity contribution in [1.82, 2.24) is 0 Å². The summed E-state index contributed by atoms with van der Waals surface area (Å²) in [7, 11) is 0. The van der Waals surface area contributed by atoms with Crippen molar-refractivity contribution in [3.8, 4) is 5.75 Å². The highest BCUT2D eigenvalue weighted by Gasteiger charge is 2.11. The number of halogens is 2. The Morgan fingerprint density at radius 1 is 1.08 bits per heavy atom. The Hall–Kier alpha value is -2.05. The number of aryl methyl sites for hydroxylation is 2. The molecule has 25 heavy (non-hydrogen) atoms. The summed E-state index contributed by atoms with van der Waals surface area (Å²) >= 11 is 9.28. The van der Waals surface area contributed by atoms with Gasteiger partial charge in [0, 0.05) is 4.47 Å². The molecule has 0 aliphatic heterocycles. The fourth-order valence-corrected chi connectivity index (χ4v) is 2.63. The molecule has 5 nitrogen and oxygen atoms in total. The van der Waals surface area contributed by atoms with Crippen LogP contribution in [0.3, 0.4) is 0 Å². The highest BCUT2D eigenvalue weighted by molar-refractivity contribution is 9.10. The quantitative estimate of drug-likeness (QED) is 0.700. The van der Waals surface area contributed by atoms with Gasteiger partial charge in [-0.2, -0.15) is 0 Å². The fourth-order valence-electron chi connectivity index (χ4n) is 1.91. The number of anilines is 1. The molecular formula is C18H17BrClNO4. The van der Waals surface area contributed by atoms with Crippen molar-refractivity contribution in [2.45, 2.75) is 13.8 Å². The lowest BCUT2D eigenvalue weighted by molar-refractivity contribution is -0.149. The van der Waals surface area contributed by atoms with E-state index in [-0.39, 0.29) is 6.61 Å². The van der Waals surface area contributed by atoms with Gasteiger partial charge >= 0.3 is 5.97 Å². The first-order valence-electron chi connectivity index (χ1n) is 7.45. The van der Waals surface area contributed by atoms with Crippen LogP contribution in [0.1, 0.15) is 11.1 Å². The molecule has 0 atom stereocenters. The van der Waals surface area contributed by atoms with Gasteiger partial charge in [0.25, 0.3) is 5.91 Å². The lowest BCUT2D eigenvalue weighted by Crippen LogP contribution is -2.23. The van der Waals surface area contributed by atoms with Gasteiger partial charge in [-0.15, -0.1) is 0 Å². The van der Waals surface area contributed by atoms with Crippen LogP contribution in [0.25, 0.3) is 0 Å². The molecule has 0 bridgehead atoms. The number of nitrogens with one attached hydrogen (secondary N) is 1. The highest BCUT2D eigenvalue weighted by Crippen LogP contribution is 2.25. The third kappa shape index (κ3) is 6.07. The van der Waals surface area contributed by atoms with E-state index in [4.69, 9.17) is 21.1 Å². The van der Waals surface area contributed by atoms with Crippen LogP contribution in [0.4, 0.5) is 5.69 Å². The minimum Gasteiger partial charge on any atom is -0.482 e. The monoisotopic (exact) mass is 425 g/mol. The maximum absolute atomic E-state index is 11.8. The summed E-state index contributed by atoms with van der Waals surface area (Å²) < 4.78 is 11.0. The van der Waals surface area contributed by atoms with Gasteiger partial charge in [-0.1, -0.05) is 33.6 Å². The van der Waals surface area contributed by atoms with E-state index in [0.29, 0.717) is 16.5 Å². The number of carbonyl (C=O) groups is 2. The lowest BCUT2D eigenvalue weighted by atomic mass is 10.1. The SMILES string of the molecule is Cc1ccc(OCC(=O)OCC(=O)Nc2ccc(Br)cc2Cl)cc1C. The normalized spacial score (nSPS) is 10.2. The van der Waals surface area contributed by atoms with Crippen LogP contribution in [-0.4, -0.2) is 25.1 Å². The standard InChI is InChI=1S/C18H17BrClNO4/c1-11-3-5-14(7-12(11)2)24-10-18(23)25-9-17(22)21-16-6-4-13(19)8-15(16)20/h3-8H,9-10H2,1-2H3,(H,21,22). The van der Waals surface area contributed by atoms with Gasteiger partial charge in [-0.25, -0.2) is 4.79 Å². The summed E-state index contributed by atoms with van der Waals surface area (Å²) in [4.78, 5) is 23.5. The predicted octanol–water partition coefficient (Wildman–Crippen LogP) is 4.28. The first-order chi connectivity index (χ1) is 11.8. The number of hydrogen-bond acceptors (Lipinski definition) is 4. The van der Waals surface area contributed by atoms with E-state index in [1.54, 1.807) is 24.3 Å².